The Hall–Kier alpha value is -2.69. The Morgan fingerprint density at radius 2 is 1.47 bits per heavy atom. The highest BCUT2D eigenvalue weighted by Gasteiger charge is 2.03. The Kier molecular flexibility index (Phi) is 6.52. The molecule has 0 bridgehead atoms. The average molecular weight is 262 g/mol. The van der Waals surface area contributed by atoms with E-state index in [1.54, 1.807) is 36.4 Å². The zero-order chi connectivity index (χ0) is 13.5. The van der Waals surface area contributed by atoms with E-state index < -0.39 is 0 Å². The highest BCUT2D eigenvalue weighted by molar-refractivity contribution is 5.52. The Bertz CT molecular complexity index is 513. The normalized spacial score (nSPS) is 8.63. The number of nitrogen functional groups attached to an aromatic ring is 2. The molecule has 102 valence electrons. The predicted molar refractivity (Wildman–Crippen MR) is 77.3 cm³/mol. The van der Waals surface area contributed by atoms with E-state index >= 15 is 0 Å². The number of carbonyl (C=O) groups is 1. The van der Waals surface area contributed by atoms with Gasteiger partial charge in [0.15, 0.2) is 11.5 Å². The molecule has 2 aromatic rings. The highest BCUT2D eigenvalue weighted by Crippen LogP contribution is 2.32. The summed E-state index contributed by atoms with van der Waals surface area (Å²) in [4.78, 5) is 8.00. The lowest BCUT2D eigenvalue weighted by Gasteiger charge is -2.08. The molecule has 0 fully saturated rings. The van der Waals surface area contributed by atoms with Gasteiger partial charge in [0.05, 0.1) is 0 Å². The van der Waals surface area contributed by atoms with Crippen molar-refractivity contribution in [1.82, 2.24) is 0 Å². The minimum Gasteiger partial charge on any atom is -0.504 e. The van der Waals surface area contributed by atoms with Crippen molar-refractivity contribution in [2.24, 2.45) is 0 Å². The molecule has 0 unspecified atom stereocenters. The van der Waals surface area contributed by atoms with Crippen molar-refractivity contribution < 1.29 is 14.6 Å². The molecule has 0 saturated heterocycles. The summed E-state index contributed by atoms with van der Waals surface area (Å²) in [5, 5.41) is 9.58. The van der Waals surface area contributed by atoms with Crippen molar-refractivity contribution in [3.8, 4) is 17.2 Å². The van der Waals surface area contributed by atoms with Crippen LogP contribution in [0.15, 0.2) is 42.5 Å². The predicted octanol–water partition coefficient (Wildman–Crippen LogP) is 2.80. The second kappa shape index (κ2) is 7.60. The second-order valence-corrected chi connectivity index (χ2v) is 3.40. The largest absolute Gasteiger partial charge is 0.504 e. The lowest BCUT2D eigenvalue weighted by molar-refractivity contribution is -0.0979. The summed E-state index contributed by atoms with van der Waals surface area (Å²) in [6.07, 6.45) is 0. The smallest absolute Gasteiger partial charge is 0.169 e. The average Bonchev–Trinajstić information content (AvgIpc) is 2.38. The third kappa shape index (κ3) is 4.59. The number of phenolic OH excluding ortho intramolecular Hbond substituents is 1. The fraction of sp³-hybridized carbons (Fsp3) is 0.0714. The Morgan fingerprint density at radius 3 is 2.00 bits per heavy atom. The highest BCUT2D eigenvalue weighted by atomic mass is 16.5. The number of hydrogen-bond acceptors (Lipinski definition) is 5. The summed E-state index contributed by atoms with van der Waals surface area (Å²) in [5.41, 5.74) is 12.2. The number of anilines is 2. The van der Waals surface area contributed by atoms with Crippen molar-refractivity contribution >= 4 is 18.2 Å². The van der Waals surface area contributed by atoms with Gasteiger partial charge in [-0.3, -0.25) is 0 Å². The molecule has 5 N–H and O–H groups in total. The van der Waals surface area contributed by atoms with E-state index in [-0.39, 0.29) is 13.2 Å². The van der Waals surface area contributed by atoms with Crippen LogP contribution in [0, 0.1) is 0 Å². The standard InChI is InChI=1S/C12H12N2O2.CH2O.CH4/c13-8-1-4-10(5-2-8)16-12-6-3-9(14)7-11(12)15;1-2;/h1-7,15H,13-14H2;1H2;1H4. The van der Waals surface area contributed by atoms with Crippen molar-refractivity contribution in [3.63, 3.8) is 0 Å². The SMILES string of the molecule is C.C=O.Nc1ccc(Oc2ccc(N)cc2O)cc1. The first kappa shape index (κ1) is 16.3. The van der Waals surface area contributed by atoms with Crippen molar-refractivity contribution in [1.29, 1.82) is 0 Å². The molecule has 5 heteroatoms. The molecule has 0 saturated carbocycles. The first-order chi connectivity index (χ1) is 8.65. The number of rotatable bonds is 2. The van der Waals surface area contributed by atoms with Crippen molar-refractivity contribution in [2.45, 2.75) is 7.43 Å². The van der Waals surface area contributed by atoms with E-state index in [0.717, 1.165) is 0 Å². The third-order valence-corrected chi connectivity index (χ3v) is 2.09. The molecule has 0 aromatic heterocycles. The van der Waals surface area contributed by atoms with Crippen LogP contribution in [0.1, 0.15) is 7.43 Å². The van der Waals surface area contributed by atoms with Crippen LogP contribution >= 0.6 is 0 Å². The van der Waals surface area contributed by atoms with Crippen molar-refractivity contribution in [3.05, 3.63) is 42.5 Å². The summed E-state index contributed by atoms with van der Waals surface area (Å²) in [6.45, 7) is 2.00. The number of hydrogen-bond donors (Lipinski definition) is 3. The minimum atomic E-state index is 0. The summed E-state index contributed by atoms with van der Waals surface area (Å²) < 4.78 is 5.46. The Labute approximate surface area is 112 Å². The molecule has 0 radical (unpaired) electrons. The molecule has 0 heterocycles. The fourth-order valence-electron chi connectivity index (χ4n) is 1.28. The van der Waals surface area contributed by atoms with Gasteiger partial charge in [-0.25, -0.2) is 0 Å². The van der Waals surface area contributed by atoms with Crippen LogP contribution in [0.3, 0.4) is 0 Å². The summed E-state index contributed by atoms with van der Waals surface area (Å²) in [7, 11) is 0. The van der Waals surface area contributed by atoms with Crippen LogP contribution in [0.5, 0.6) is 17.2 Å². The van der Waals surface area contributed by atoms with Crippen LogP contribution in [0.4, 0.5) is 11.4 Å². The lowest BCUT2D eigenvalue weighted by Crippen LogP contribution is -1.89. The van der Waals surface area contributed by atoms with E-state index in [9.17, 15) is 5.11 Å². The number of aromatic hydroxyl groups is 1. The van der Waals surface area contributed by atoms with Gasteiger partial charge in [0, 0.05) is 17.4 Å². The summed E-state index contributed by atoms with van der Waals surface area (Å²) >= 11 is 0. The number of carbonyl (C=O) groups excluding carboxylic acids is 1. The molecular weight excluding hydrogens is 244 g/mol. The first-order valence-corrected chi connectivity index (χ1v) is 5.06. The van der Waals surface area contributed by atoms with Gasteiger partial charge < -0.3 is 26.1 Å². The molecule has 0 aliphatic carbocycles. The van der Waals surface area contributed by atoms with Gasteiger partial charge in [-0.05, 0) is 36.4 Å². The monoisotopic (exact) mass is 262 g/mol. The molecule has 0 aliphatic rings. The first-order valence-electron chi connectivity index (χ1n) is 5.06. The molecule has 0 amide bonds. The van der Waals surface area contributed by atoms with Crippen LogP contribution in [-0.4, -0.2) is 11.9 Å². The lowest BCUT2D eigenvalue weighted by atomic mass is 10.2. The zero-order valence-electron chi connectivity index (χ0n) is 9.67. The molecule has 5 nitrogen and oxygen atoms in total. The van der Waals surface area contributed by atoms with Gasteiger partial charge in [0.1, 0.15) is 12.5 Å². The minimum absolute atomic E-state index is 0. The number of phenols is 1. The molecule has 0 spiro atoms. The van der Waals surface area contributed by atoms with Crippen LogP contribution in [0.2, 0.25) is 0 Å². The summed E-state index contributed by atoms with van der Waals surface area (Å²) in [6, 6.07) is 11.6. The van der Waals surface area contributed by atoms with Crippen LogP contribution < -0.4 is 16.2 Å². The number of benzene rings is 2. The van der Waals surface area contributed by atoms with Crippen LogP contribution in [0.25, 0.3) is 0 Å². The van der Waals surface area contributed by atoms with Gasteiger partial charge in [-0.2, -0.15) is 0 Å². The molecule has 0 atom stereocenters. The molecular formula is C14H18N2O3. The van der Waals surface area contributed by atoms with Gasteiger partial charge in [0.25, 0.3) is 0 Å². The molecule has 0 aliphatic heterocycles. The zero-order valence-corrected chi connectivity index (χ0v) is 9.67. The van der Waals surface area contributed by atoms with Gasteiger partial charge in [-0.1, -0.05) is 7.43 Å². The molecule has 2 aromatic carbocycles. The van der Waals surface area contributed by atoms with Crippen molar-refractivity contribution in [2.75, 3.05) is 11.5 Å². The van der Waals surface area contributed by atoms with Gasteiger partial charge >= 0.3 is 0 Å². The molecule has 2 rings (SSSR count). The maximum Gasteiger partial charge on any atom is 0.169 e. The number of nitrogens with two attached hydrogens (primary N) is 2. The maximum absolute atomic E-state index is 9.58. The third-order valence-electron chi connectivity index (χ3n) is 2.09. The second-order valence-electron chi connectivity index (χ2n) is 3.40. The van der Waals surface area contributed by atoms with E-state index in [0.29, 0.717) is 22.9 Å². The quantitative estimate of drug-likeness (QED) is 0.723. The Balaban J connectivity index is 0.00000103. The topological polar surface area (TPSA) is 98.6 Å². The molecule has 19 heavy (non-hydrogen) atoms. The van der Waals surface area contributed by atoms with Gasteiger partial charge in [-0.15, -0.1) is 0 Å². The summed E-state index contributed by atoms with van der Waals surface area (Å²) in [5.74, 6) is 0.977. The fourth-order valence-corrected chi connectivity index (χ4v) is 1.28. The van der Waals surface area contributed by atoms with E-state index in [1.165, 1.54) is 6.07 Å². The van der Waals surface area contributed by atoms with Gasteiger partial charge in [0.2, 0.25) is 0 Å². The van der Waals surface area contributed by atoms with E-state index in [2.05, 4.69) is 0 Å². The van der Waals surface area contributed by atoms with Crippen LogP contribution in [-0.2, 0) is 4.79 Å². The Morgan fingerprint density at radius 1 is 0.947 bits per heavy atom. The van der Waals surface area contributed by atoms with E-state index in [4.69, 9.17) is 21.0 Å². The number of ether oxygens (including phenoxy) is 1. The van der Waals surface area contributed by atoms with E-state index in [1.807, 2.05) is 6.79 Å². The maximum atomic E-state index is 9.58.